The summed E-state index contributed by atoms with van der Waals surface area (Å²) < 4.78 is 180. The molecule has 0 amide bonds. The molecule has 4 nitrogen and oxygen atoms in total. The predicted molar refractivity (Wildman–Crippen MR) is 370 cm³/mol. The van der Waals surface area contributed by atoms with E-state index in [2.05, 4.69) is 98.5 Å². The van der Waals surface area contributed by atoms with Gasteiger partial charge in [0.15, 0.2) is 0 Å². The number of aromatic nitrogens is 2. The lowest BCUT2D eigenvalue weighted by Crippen LogP contribution is -2.28. The van der Waals surface area contributed by atoms with Crippen LogP contribution in [0.2, 0.25) is 10.0 Å². The van der Waals surface area contributed by atoms with E-state index in [0.717, 1.165) is 62.7 Å². The van der Waals surface area contributed by atoms with Crippen LogP contribution in [0.25, 0.3) is 0 Å². The lowest BCUT2D eigenvalue weighted by Gasteiger charge is -2.17. The van der Waals surface area contributed by atoms with E-state index >= 15 is 0 Å². The topological polar surface area (TPSA) is 46.2 Å². The van der Waals surface area contributed by atoms with Crippen LogP contribution < -0.4 is 9.47 Å². The first-order chi connectivity index (χ1) is 45.0. The molecule has 0 saturated carbocycles. The van der Waals surface area contributed by atoms with E-state index in [4.69, 9.17) is 33.1 Å². The lowest BCUT2D eigenvalue weighted by molar-refractivity contribution is -0.905. The van der Waals surface area contributed by atoms with Gasteiger partial charge in [-0.3, -0.25) is 10.2 Å². The van der Waals surface area contributed by atoms with Crippen molar-refractivity contribution in [2.75, 3.05) is 7.11 Å². The number of alkyl halides is 12. The van der Waals surface area contributed by atoms with Gasteiger partial charge in [0, 0.05) is 38.3 Å². The van der Waals surface area contributed by atoms with Gasteiger partial charge >= 0.3 is 24.7 Å². The number of benzene rings is 6. The van der Waals surface area contributed by atoms with E-state index in [1.54, 1.807) is 45.5 Å². The molecule has 0 saturated heterocycles. The SMILES string of the molecule is CC(C)c1ccc(C(F)(F)F)cc1C(F)(F)F.CC(C)c1ccc(C(F)(F)F)cc1Cl.CC(C)c1ccc(Cl)cc1C(F)(F)F.CC(C)c1ccc[n+](O)c1.COc1ccc(C(C)C)cc1.Cc1cc(F)ccc1C(C)C.Cc1cc(F)ccc1C(C)C.Cc1ccc(C(C)C)cn1. The molecule has 0 aliphatic carbocycles. The van der Waals surface area contributed by atoms with E-state index in [-0.39, 0.29) is 50.7 Å². The Morgan fingerprint density at radius 2 is 0.776 bits per heavy atom. The van der Waals surface area contributed by atoms with Crippen LogP contribution in [0.4, 0.5) is 61.5 Å². The molecule has 0 atom stereocenters. The van der Waals surface area contributed by atoms with E-state index in [1.807, 2.05) is 77.2 Å². The van der Waals surface area contributed by atoms with Gasteiger partial charge in [-0.25, -0.2) is 8.78 Å². The van der Waals surface area contributed by atoms with Crippen LogP contribution in [-0.4, -0.2) is 17.3 Å². The maximum atomic E-state index is 12.6. The van der Waals surface area contributed by atoms with Gasteiger partial charge in [-0.1, -0.05) is 183 Å². The number of pyridine rings is 2. The molecule has 0 aliphatic heterocycles. The van der Waals surface area contributed by atoms with Crippen molar-refractivity contribution in [3.05, 3.63) is 263 Å². The number of rotatable bonds is 9. The third kappa shape index (κ3) is 32.2. The molecule has 1 N–H and O–H groups in total. The summed E-state index contributed by atoms with van der Waals surface area (Å²) in [6.45, 7) is 37.4. The van der Waals surface area contributed by atoms with E-state index in [0.29, 0.717) is 35.7 Å². The lowest BCUT2D eigenvalue weighted by atomic mass is 9.95. The summed E-state index contributed by atoms with van der Waals surface area (Å²) in [5.74, 6) is 2.73. The Balaban J connectivity index is 0.000000563. The average Bonchev–Trinajstić information content (AvgIpc) is 0.805. The highest BCUT2D eigenvalue weighted by atomic mass is 35.5. The number of halogens is 16. The molecule has 0 radical (unpaired) electrons. The van der Waals surface area contributed by atoms with Crippen molar-refractivity contribution in [1.82, 2.24) is 4.98 Å². The van der Waals surface area contributed by atoms with Crippen LogP contribution in [0.1, 0.15) is 242 Å². The molecule has 0 aliphatic rings. The zero-order chi connectivity index (χ0) is 75.5. The summed E-state index contributed by atoms with van der Waals surface area (Å²) >= 11 is 11.3. The van der Waals surface area contributed by atoms with Crippen LogP contribution >= 0.6 is 23.2 Å². The van der Waals surface area contributed by atoms with Crippen LogP contribution in [-0.2, 0) is 24.7 Å². The number of ether oxygens (including phenoxy) is 1. The van der Waals surface area contributed by atoms with E-state index in [9.17, 15) is 61.5 Å². The zero-order valence-corrected chi connectivity index (χ0v) is 60.9. The minimum absolute atomic E-state index is 0.113. The largest absolute Gasteiger partial charge is 0.497 e. The summed E-state index contributed by atoms with van der Waals surface area (Å²) in [5.41, 5.74) is 6.47. The summed E-state index contributed by atoms with van der Waals surface area (Å²) in [6.07, 6.45) is -12.9. The van der Waals surface area contributed by atoms with Crippen LogP contribution in [0, 0.1) is 32.4 Å². The summed E-state index contributed by atoms with van der Waals surface area (Å²) in [4.78, 5) is 4.20. The molecule has 2 aromatic heterocycles. The fourth-order valence-corrected chi connectivity index (χ4v) is 9.71. The fraction of sp³-hybridized carbons (Fsp3) is 0.410. The molecule has 20 heteroatoms. The second-order valence-corrected chi connectivity index (χ2v) is 26.4. The van der Waals surface area contributed by atoms with Gasteiger partial charge in [0.2, 0.25) is 12.4 Å². The quantitative estimate of drug-likeness (QED) is 0.0890. The van der Waals surface area contributed by atoms with Crippen molar-refractivity contribution < 1.29 is 76.1 Å². The normalized spacial score (nSPS) is 11.4. The van der Waals surface area contributed by atoms with Crippen LogP contribution in [0.5, 0.6) is 5.75 Å². The van der Waals surface area contributed by atoms with Gasteiger partial charge in [0.25, 0.3) is 0 Å². The number of nitrogens with zero attached hydrogens (tertiary/aromatic N) is 2. The van der Waals surface area contributed by atoms with Gasteiger partial charge in [0.1, 0.15) is 17.4 Å². The Hall–Kier alpha value is -7.18. The molecule has 8 aromatic rings. The van der Waals surface area contributed by atoms with Crippen LogP contribution in [0.3, 0.4) is 0 Å². The van der Waals surface area contributed by atoms with E-state index in [1.165, 1.54) is 66.4 Å². The smallest absolute Gasteiger partial charge is 0.416 e. The minimum atomic E-state index is -4.78. The molecule has 8 rings (SSSR count). The van der Waals surface area contributed by atoms with Gasteiger partial charge in [-0.05, 0) is 203 Å². The van der Waals surface area contributed by atoms with Gasteiger partial charge in [-0.15, -0.1) is 0 Å². The first kappa shape index (κ1) is 88.8. The fourth-order valence-electron chi connectivity index (χ4n) is 9.14. The molecule has 0 fully saturated rings. The van der Waals surface area contributed by atoms with E-state index < -0.39 is 52.9 Å². The molecule has 0 spiro atoms. The Morgan fingerprint density at radius 3 is 1.10 bits per heavy atom. The molecule has 0 bridgehead atoms. The molecular formula is C78H95Cl2F14N2O2+. The number of methoxy groups -OCH3 is 1. The standard InChI is InChI=1S/C11H10F6.2C10H10ClF3.2C10H13F.C10H14O.C9H13N.C8H12NO/c1-6(2)8-4-3-7(10(12,13)14)5-9(8)11(15,16)17;1-6(2)8-4-3-7(11)5-9(8)10(12,13)14;1-6(2)8-4-3-7(5-9(8)11)10(12,13)14;2*1-7(2)10-5-4-9(11)6-8(10)3;1-8(2)9-4-6-10(11-3)7-5-9;1-7(2)9-5-4-8(3)10-6-9;1-7(2)8-4-3-5-9(10)6-8/h3-6H,1-2H3;2*3-6H,1-2H3;2*4-7H,1-3H3;4-8H,1-3H3;4-7H,1-3H3;3-7,10H,1-2H3/q;;;;;;;+1. The van der Waals surface area contributed by atoms with Gasteiger partial charge in [0.05, 0.1) is 29.4 Å². The first-order valence-electron chi connectivity index (χ1n) is 31.8. The first-order valence-corrected chi connectivity index (χ1v) is 32.6. The van der Waals surface area contributed by atoms with Gasteiger partial charge in [-0.2, -0.15) is 52.7 Å². The van der Waals surface area contributed by atoms with Crippen molar-refractivity contribution in [3.63, 3.8) is 0 Å². The number of aryl methyl sites for hydroxylation is 3. The van der Waals surface area contributed by atoms with Gasteiger partial charge < -0.3 is 4.74 Å². The molecular weight excluding hydrogens is 1330 g/mol. The molecule has 540 valence electrons. The maximum Gasteiger partial charge on any atom is 0.416 e. The molecule has 98 heavy (non-hydrogen) atoms. The maximum absolute atomic E-state index is 12.6. The monoisotopic (exact) mass is 1430 g/mol. The summed E-state index contributed by atoms with van der Waals surface area (Å²) in [7, 11) is 1.68. The molecule has 6 aromatic carbocycles. The Labute approximate surface area is 581 Å². The van der Waals surface area contributed by atoms with Crippen LogP contribution in [0.15, 0.2) is 158 Å². The van der Waals surface area contributed by atoms with Crippen molar-refractivity contribution in [3.8, 4) is 5.75 Å². The molecule has 0 unspecified atom stereocenters. The highest BCUT2D eigenvalue weighted by Gasteiger charge is 2.39. The summed E-state index contributed by atoms with van der Waals surface area (Å²) in [5, 5.41) is 9.27. The van der Waals surface area contributed by atoms with Crippen molar-refractivity contribution >= 4 is 23.2 Å². The summed E-state index contributed by atoms with van der Waals surface area (Å²) in [6, 6.07) is 35.1. The number of hydrogen-bond donors (Lipinski definition) is 1. The van der Waals surface area contributed by atoms with Crippen molar-refractivity contribution in [2.45, 2.75) is 204 Å². The Bertz CT molecular complexity index is 3570. The van der Waals surface area contributed by atoms with Crippen molar-refractivity contribution in [2.24, 2.45) is 0 Å². The zero-order valence-electron chi connectivity index (χ0n) is 59.4. The van der Waals surface area contributed by atoms with Crippen molar-refractivity contribution in [1.29, 1.82) is 0 Å². The number of hydrogen-bond acceptors (Lipinski definition) is 3. The molecule has 2 heterocycles. The Kier molecular flexibility index (Phi) is 37.0. The predicted octanol–water partition coefficient (Wildman–Crippen LogP) is 27.0. The second kappa shape index (κ2) is 40.8. The minimum Gasteiger partial charge on any atom is -0.497 e. The highest BCUT2D eigenvalue weighted by Crippen LogP contribution is 2.40. The third-order valence-corrected chi connectivity index (χ3v) is 15.3. The second-order valence-electron chi connectivity index (χ2n) is 25.5. The highest BCUT2D eigenvalue weighted by molar-refractivity contribution is 6.31. The third-order valence-electron chi connectivity index (χ3n) is 14.8. The Morgan fingerprint density at radius 1 is 0.398 bits per heavy atom. The average molecular weight is 1430 g/mol.